The third-order valence-electron chi connectivity index (χ3n) is 1.82. The van der Waals surface area contributed by atoms with Crippen LogP contribution in [0.25, 0.3) is 0 Å². The number of nitriles is 1. The summed E-state index contributed by atoms with van der Waals surface area (Å²) in [7, 11) is 0. The van der Waals surface area contributed by atoms with Gasteiger partial charge in [0.1, 0.15) is 0 Å². The molecule has 68 valence electrons. The summed E-state index contributed by atoms with van der Waals surface area (Å²) < 4.78 is 5.01. The molecule has 2 rings (SSSR count). The molecule has 0 fully saturated rings. The fourth-order valence-corrected chi connectivity index (χ4v) is 1.20. The lowest BCUT2D eigenvalue weighted by atomic mass is 10.1. The second kappa shape index (κ2) is 3.71. The van der Waals surface area contributed by atoms with E-state index in [1.165, 1.54) is 6.39 Å². The topological polar surface area (TPSA) is 62.7 Å². The first-order chi connectivity index (χ1) is 6.88. The lowest BCUT2D eigenvalue weighted by Gasteiger charge is -1.96. The van der Waals surface area contributed by atoms with Crippen molar-refractivity contribution in [2.75, 3.05) is 0 Å². The van der Waals surface area contributed by atoms with Gasteiger partial charge in [-0.25, -0.2) is 0 Å². The zero-order valence-electron chi connectivity index (χ0n) is 7.34. The largest absolute Gasteiger partial charge is 0.428 e. The van der Waals surface area contributed by atoms with Crippen molar-refractivity contribution in [3.63, 3.8) is 0 Å². The minimum absolute atomic E-state index is 0.556. The Hall–Kier alpha value is -2.15. The van der Waals surface area contributed by atoms with Crippen LogP contribution in [0.2, 0.25) is 0 Å². The van der Waals surface area contributed by atoms with Crippen LogP contribution < -0.4 is 0 Å². The average molecular weight is 185 g/mol. The fourth-order valence-electron chi connectivity index (χ4n) is 1.20. The lowest BCUT2D eigenvalue weighted by Crippen LogP contribution is -1.89. The summed E-state index contributed by atoms with van der Waals surface area (Å²) in [6, 6.07) is 9.41. The van der Waals surface area contributed by atoms with E-state index in [0.717, 1.165) is 5.56 Å². The van der Waals surface area contributed by atoms with E-state index in [4.69, 9.17) is 9.68 Å². The van der Waals surface area contributed by atoms with E-state index in [1.807, 2.05) is 18.2 Å². The van der Waals surface area contributed by atoms with E-state index in [0.29, 0.717) is 17.9 Å². The van der Waals surface area contributed by atoms with Crippen molar-refractivity contribution in [2.24, 2.45) is 0 Å². The highest BCUT2D eigenvalue weighted by atomic mass is 16.4. The van der Waals surface area contributed by atoms with Crippen LogP contribution in [0.1, 0.15) is 17.0 Å². The van der Waals surface area contributed by atoms with Crippen LogP contribution in [0.4, 0.5) is 0 Å². The van der Waals surface area contributed by atoms with E-state index < -0.39 is 0 Å². The van der Waals surface area contributed by atoms with Gasteiger partial charge in [0.15, 0.2) is 0 Å². The summed E-state index contributed by atoms with van der Waals surface area (Å²) in [5, 5.41) is 16.0. The normalized spacial score (nSPS) is 9.64. The van der Waals surface area contributed by atoms with Gasteiger partial charge in [-0.05, 0) is 17.7 Å². The Morgan fingerprint density at radius 2 is 2.36 bits per heavy atom. The van der Waals surface area contributed by atoms with Gasteiger partial charge >= 0.3 is 0 Å². The van der Waals surface area contributed by atoms with E-state index in [2.05, 4.69) is 16.3 Å². The summed E-state index contributed by atoms with van der Waals surface area (Å²) in [4.78, 5) is 0. The second-order valence-electron chi connectivity index (χ2n) is 2.82. The second-order valence-corrected chi connectivity index (χ2v) is 2.82. The first-order valence-corrected chi connectivity index (χ1v) is 4.12. The minimum atomic E-state index is 0.556. The van der Waals surface area contributed by atoms with E-state index in [9.17, 15) is 0 Å². The smallest absolute Gasteiger partial charge is 0.220 e. The zero-order chi connectivity index (χ0) is 9.80. The summed E-state index contributed by atoms with van der Waals surface area (Å²) >= 11 is 0. The molecule has 2 aromatic rings. The molecule has 0 aliphatic carbocycles. The van der Waals surface area contributed by atoms with Gasteiger partial charge in [-0.2, -0.15) is 5.26 Å². The fraction of sp³-hybridized carbons (Fsp3) is 0.100. The summed E-state index contributed by atoms with van der Waals surface area (Å²) in [5.41, 5.74) is 1.63. The molecule has 0 amide bonds. The molecule has 0 aliphatic heterocycles. The molecule has 0 N–H and O–H groups in total. The van der Waals surface area contributed by atoms with Crippen LogP contribution in [0.3, 0.4) is 0 Å². The van der Waals surface area contributed by atoms with Crippen molar-refractivity contribution >= 4 is 0 Å². The van der Waals surface area contributed by atoms with Crippen LogP contribution >= 0.6 is 0 Å². The predicted molar refractivity (Wildman–Crippen MR) is 48.3 cm³/mol. The molecule has 0 atom stereocenters. The Balaban J connectivity index is 2.22. The first kappa shape index (κ1) is 8.45. The van der Waals surface area contributed by atoms with E-state index >= 15 is 0 Å². The van der Waals surface area contributed by atoms with Gasteiger partial charge in [0.2, 0.25) is 12.3 Å². The van der Waals surface area contributed by atoms with E-state index in [-0.39, 0.29) is 0 Å². The molecule has 4 heteroatoms. The van der Waals surface area contributed by atoms with Crippen molar-refractivity contribution < 1.29 is 4.42 Å². The molecule has 1 aromatic heterocycles. The third-order valence-corrected chi connectivity index (χ3v) is 1.82. The molecule has 1 aromatic carbocycles. The van der Waals surface area contributed by atoms with Gasteiger partial charge in [0, 0.05) is 0 Å². The molecule has 1 heterocycles. The maximum Gasteiger partial charge on any atom is 0.220 e. The monoisotopic (exact) mass is 185 g/mol. The van der Waals surface area contributed by atoms with Crippen LogP contribution in [-0.4, -0.2) is 10.2 Å². The molecule has 0 radical (unpaired) electrons. The van der Waals surface area contributed by atoms with Gasteiger partial charge < -0.3 is 4.42 Å². The van der Waals surface area contributed by atoms with Crippen LogP contribution in [0.5, 0.6) is 0 Å². The van der Waals surface area contributed by atoms with Crippen molar-refractivity contribution in [1.82, 2.24) is 10.2 Å². The van der Waals surface area contributed by atoms with Gasteiger partial charge in [-0.3, -0.25) is 0 Å². The molecule has 0 saturated heterocycles. The molecule has 0 saturated carbocycles. The van der Waals surface area contributed by atoms with Crippen LogP contribution in [0, 0.1) is 11.3 Å². The number of nitrogens with zero attached hydrogens (tertiary/aromatic N) is 3. The van der Waals surface area contributed by atoms with Gasteiger partial charge in [0.05, 0.1) is 18.1 Å². The SMILES string of the molecule is N#Cc1cccc(Cc2nnco2)c1. The Kier molecular flexibility index (Phi) is 2.24. The molecule has 0 spiro atoms. The molecule has 4 nitrogen and oxygen atoms in total. The van der Waals surface area contributed by atoms with Crippen LogP contribution in [-0.2, 0) is 6.42 Å². The Bertz CT molecular complexity index is 456. The van der Waals surface area contributed by atoms with Gasteiger partial charge in [-0.15, -0.1) is 10.2 Å². The molecular formula is C10H7N3O. The van der Waals surface area contributed by atoms with Crippen molar-refractivity contribution in [1.29, 1.82) is 5.26 Å². The minimum Gasteiger partial charge on any atom is -0.428 e. The molecular weight excluding hydrogens is 178 g/mol. The number of hydrogen-bond donors (Lipinski definition) is 0. The molecule has 0 bridgehead atoms. The van der Waals surface area contributed by atoms with Crippen LogP contribution in [0.15, 0.2) is 35.1 Å². The number of rotatable bonds is 2. The van der Waals surface area contributed by atoms with Crippen molar-refractivity contribution in [3.05, 3.63) is 47.7 Å². The summed E-state index contributed by atoms with van der Waals surface area (Å²) in [5.74, 6) is 0.556. The van der Waals surface area contributed by atoms with Crippen molar-refractivity contribution in [2.45, 2.75) is 6.42 Å². The van der Waals surface area contributed by atoms with Gasteiger partial charge in [0.25, 0.3) is 0 Å². The predicted octanol–water partition coefficient (Wildman–Crippen LogP) is 1.53. The highest BCUT2D eigenvalue weighted by Crippen LogP contribution is 2.08. The maximum absolute atomic E-state index is 8.69. The highest BCUT2D eigenvalue weighted by Gasteiger charge is 2.01. The van der Waals surface area contributed by atoms with Gasteiger partial charge in [-0.1, -0.05) is 12.1 Å². The zero-order valence-corrected chi connectivity index (χ0v) is 7.34. The molecule has 0 aliphatic rings. The summed E-state index contributed by atoms with van der Waals surface area (Å²) in [6.07, 6.45) is 1.86. The number of benzene rings is 1. The van der Waals surface area contributed by atoms with Crippen molar-refractivity contribution in [3.8, 4) is 6.07 Å². The standard InChI is InChI=1S/C10H7N3O/c11-6-9-3-1-2-8(4-9)5-10-13-12-7-14-10/h1-4,7H,5H2. The lowest BCUT2D eigenvalue weighted by molar-refractivity contribution is 0.505. The van der Waals surface area contributed by atoms with E-state index in [1.54, 1.807) is 6.07 Å². The third kappa shape index (κ3) is 1.77. The molecule has 14 heavy (non-hydrogen) atoms. The average Bonchev–Trinajstić information content (AvgIpc) is 2.71. The first-order valence-electron chi connectivity index (χ1n) is 4.12. The Morgan fingerprint density at radius 1 is 1.43 bits per heavy atom. The Labute approximate surface area is 80.8 Å². The molecule has 0 unspecified atom stereocenters. The Morgan fingerprint density at radius 3 is 3.07 bits per heavy atom. The summed E-state index contributed by atoms with van der Waals surface area (Å²) in [6.45, 7) is 0. The number of hydrogen-bond acceptors (Lipinski definition) is 4. The maximum atomic E-state index is 8.69. The number of aromatic nitrogens is 2. The quantitative estimate of drug-likeness (QED) is 0.711. The highest BCUT2D eigenvalue weighted by molar-refractivity contribution is 5.33.